The van der Waals surface area contributed by atoms with Gasteiger partial charge in [-0.05, 0) is 37.1 Å². The van der Waals surface area contributed by atoms with E-state index in [1.54, 1.807) is 12.1 Å². The van der Waals surface area contributed by atoms with Crippen molar-refractivity contribution >= 4 is 17.3 Å². The Balaban J connectivity index is 1.67. The number of carbonyl (C=O) groups excluding carboxylic acids is 2. The maximum Gasteiger partial charge on any atom is 0.414 e. The van der Waals surface area contributed by atoms with E-state index in [1.165, 1.54) is 39.9 Å². The highest BCUT2D eigenvalue weighted by atomic mass is 19.4. The van der Waals surface area contributed by atoms with Gasteiger partial charge >= 0.3 is 6.18 Å². The molecule has 0 bridgehead atoms. The Morgan fingerprint density at radius 1 is 1.09 bits per heavy atom. The first-order valence-electron chi connectivity index (χ1n) is 9.94. The number of carbonyl (C=O) groups is 2. The number of nitrogens with one attached hydrogen (secondary N) is 1. The van der Waals surface area contributed by atoms with Crippen molar-refractivity contribution in [2.24, 2.45) is 0 Å². The highest BCUT2D eigenvalue weighted by Gasteiger charge is 2.43. The van der Waals surface area contributed by atoms with Crippen LogP contribution in [0.25, 0.3) is 5.52 Å². The minimum Gasteiger partial charge on any atom is -0.336 e. The number of alkyl halides is 4. The molecule has 1 unspecified atom stereocenters. The fraction of sp³-hybridized carbons (Fsp3) is 0.333. The molecule has 3 aromatic rings. The Labute approximate surface area is 180 Å². The number of fused-ring (bicyclic) bond motifs is 1. The van der Waals surface area contributed by atoms with Crippen molar-refractivity contribution in [1.82, 2.24) is 24.6 Å². The third-order valence-electron chi connectivity index (χ3n) is 5.25. The second-order valence-electron chi connectivity index (χ2n) is 7.41. The van der Waals surface area contributed by atoms with Gasteiger partial charge in [0.2, 0.25) is 5.82 Å². The zero-order valence-corrected chi connectivity index (χ0v) is 16.7. The van der Waals surface area contributed by atoms with E-state index in [2.05, 4.69) is 9.97 Å². The van der Waals surface area contributed by atoms with Gasteiger partial charge in [-0.15, -0.1) is 0 Å². The second-order valence-corrected chi connectivity index (χ2v) is 7.41. The van der Waals surface area contributed by atoms with Crippen LogP contribution in [-0.2, 0) is 0 Å². The molecule has 1 atom stereocenters. The van der Waals surface area contributed by atoms with Crippen molar-refractivity contribution in [3.63, 3.8) is 0 Å². The number of hydrogen-bond donors (Lipinski definition) is 1. The van der Waals surface area contributed by atoms with Crippen molar-refractivity contribution in [3.05, 3.63) is 66.0 Å². The molecule has 1 N–H and O–H groups in total. The topological polar surface area (TPSA) is 79.6 Å². The highest BCUT2D eigenvalue weighted by Crippen LogP contribution is 2.32. The van der Waals surface area contributed by atoms with Crippen LogP contribution in [0.1, 0.15) is 45.7 Å². The van der Waals surface area contributed by atoms with E-state index < -0.39 is 30.2 Å². The largest absolute Gasteiger partial charge is 0.414 e. The van der Waals surface area contributed by atoms with E-state index in [9.17, 15) is 27.2 Å². The Kier molecular flexibility index (Phi) is 5.81. The van der Waals surface area contributed by atoms with Crippen molar-refractivity contribution in [2.45, 2.75) is 31.2 Å². The Hall–Kier alpha value is -3.50. The SMILES string of the molecule is O=C(NC(c1ccccn1)C(F)(F)F)c1nc(C(=O)N2CCC(F)CC2)n2ccccc12. The lowest BCUT2D eigenvalue weighted by Crippen LogP contribution is -2.40. The molecule has 1 aliphatic rings. The molecule has 0 radical (unpaired) electrons. The molecule has 11 heteroatoms. The number of rotatable bonds is 4. The van der Waals surface area contributed by atoms with Crippen LogP contribution < -0.4 is 5.32 Å². The van der Waals surface area contributed by atoms with Crippen molar-refractivity contribution in [2.75, 3.05) is 13.1 Å². The number of pyridine rings is 2. The quantitative estimate of drug-likeness (QED) is 0.620. The van der Waals surface area contributed by atoms with E-state index in [0.29, 0.717) is 0 Å². The number of aromatic nitrogens is 3. The van der Waals surface area contributed by atoms with Gasteiger partial charge in [0.1, 0.15) is 6.17 Å². The third kappa shape index (κ3) is 4.27. The van der Waals surface area contributed by atoms with Crippen LogP contribution in [0, 0.1) is 0 Å². The summed E-state index contributed by atoms with van der Waals surface area (Å²) in [5.74, 6) is -1.73. The Morgan fingerprint density at radius 2 is 1.81 bits per heavy atom. The Bertz CT molecular complexity index is 1120. The highest BCUT2D eigenvalue weighted by molar-refractivity contribution is 6.02. The van der Waals surface area contributed by atoms with Crippen LogP contribution in [0.3, 0.4) is 0 Å². The summed E-state index contributed by atoms with van der Waals surface area (Å²) in [6.07, 6.45) is -2.70. The lowest BCUT2D eigenvalue weighted by molar-refractivity contribution is -0.156. The number of imidazole rings is 1. The molecule has 0 aliphatic carbocycles. The molecule has 0 spiro atoms. The first kappa shape index (κ1) is 21.7. The van der Waals surface area contributed by atoms with Gasteiger partial charge < -0.3 is 10.2 Å². The number of nitrogens with zero attached hydrogens (tertiary/aromatic N) is 4. The summed E-state index contributed by atoms with van der Waals surface area (Å²) in [6.45, 7) is 0.387. The van der Waals surface area contributed by atoms with Crippen LogP contribution in [0.2, 0.25) is 0 Å². The minimum atomic E-state index is -4.80. The Morgan fingerprint density at radius 3 is 2.47 bits per heavy atom. The average Bonchev–Trinajstić information content (AvgIpc) is 3.17. The molecule has 0 aromatic carbocycles. The smallest absolute Gasteiger partial charge is 0.336 e. The monoisotopic (exact) mass is 449 g/mol. The van der Waals surface area contributed by atoms with Crippen LogP contribution in [0.15, 0.2) is 48.8 Å². The molecular formula is C21H19F4N5O2. The maximum atomic E-state index is 13.6. The molecule has 1 saturated heterocycles. The number of likely N-dealkylation sites (tertiary alicyclic amines) is 1. The maximum absolute atomic E-state index is 13.6. The fourth-order valence-corrected chi connectivity index (χ4v) is 3.62. The van der Waals surface area contributed by atoms with E-state index in [1.807, 2.05) is 5.32 Å². The number of amides is 2. The van der Waals surface area contributed by atoms with Gasteiger partial charge in [-0.3, -0.25) is 19.0 Å². The van der Waals surface area contributed by atoms with Gasteiger partial charge in [-0.1, -0.05) is 12.1 Å². The lowest BCUT2D eigenvalue weighted by atomic mass is 10.1. The fourth-order valence-electron chi connectivity index (χ4n) is 3.62. The molecule has 1 fully saturated rings. The van der Waals surface area contributed by atoms with Gasteiger partial charge in [0, 0.05) is 25.5 Å². The van der Waals surface area contributed by atoms with Crippen LogP contribution in [0.4, 0.5) is 17.6 Å². The van der Waals surface area contributed by atoms with E-state index in [4.69, 9.17) is 0 Å². The number of piperidine rings is 1. The predicted molar refractivity (Wildman–Crippen MR) is 106 cm³/mol. The van der Waals surface area contributed by atoms with E-state index in [-0.39, 0.29) is 48.7 Å². The zero-order valence-electron chi connectivity index (χ0n) is 16.7. The molecule has 4 heterocycles. The van der Waals surface area contributed by atoms with Crippen molar-refractivity contribution in [1.29, 1.82) is 0 Å². The summed E-state index contributed by atoms with van der Waals surface area (Å²) in [7, 11) is 0. The summed E-state index contributed by atoms with van der Waals surface area (Å²) in [6, 6.07) is 6.33. The summed E-state index contributed by atoms with van der Waals surface area (Å²) >= 11 is 0. The third-order valence-corrected chi connectivity index (χ3v) is 5.25. The average molecular weight is 449 g/mol. The molecule has 168 valence electrons. The van der Waals surface area contributed by atoms with E-state index >= 15 is 0 Å². The van der Waals surface area contributed by atoms with Gasteiger partial charge in [-0.2, -0.15) is 13.2 Å². The zero-order chi connectivity index (χ0) is 22.9. The van der Waals surface area contributed by atoms with Crippen LogP contribution in [-0.4, -0.2) is 56.5 Å². The number of halogens is 4. The van der Waals surface area contributed by atoms with Crippen LogP contribution in [0.5, 0.6) is 0 Å². The summed E-state index contributed by atoms with van der Waals surface area (Å²) in [4.78, 5) is 35.0. The summed E-state index contributed by atoms with van der Waals surface area (Å²) in [5.41, 5.74) is -0.516. The molecule has 4 rings (SSSR count). The first-order chi connectivity index (χ1) is 15.3. The lowest BCUT2D eigenvalue weighted by Gasteiger charge is -2.28. The predicted octanol–water partition coefficient (Wildman–Crippen LogP) is 3.34. The summed E-state index contributed by atoms with van der Waals surface area (Å²) < 4.78 is 55.7. The van der Waals surface area contributed by atoms with Gasteiger partial charge in [0.25, 0.3) is 11.8 Å². The van der Waals surface area contributed by atoms with E-state index in [0.717, 1.165) is 6.07 Å². The molecule has 0 saturated carbocycles. The molecule has 7 nitrogen and oxygen atoms in total. The summed E-state index contributed by atoms with van der Waals surface area (Å²) in [5, 5.41) is 1.94. The minimum absolute atomic E-state index is 0.121. The number of hydrogen-bond acceptors (Lipinski definition) is 4. The first-order valence-corrected chi connectivity index (χ1v) is 9.94. The normalized spacial score (nSPS) is 16.2. The molecular weight excluding hydrogens is 430 g/mol. The van der Waals surface area contributed by atoms with Gasteiger partial charge in [0.05, 0.1) is 11.2 Å². The van der Waals surface area contributed by atoms with Crippen molar-refractivity contribution in [3.8, 4) is 0 Å². The van der Waals surface area contributed by atoms with Gasteiger partial charge in [-0.25, -0.2) is 9.37 Å². The van der Waals surface area contributed by atoms with Gasteiger partial charge in [0.15, 0.2) is 11.7 Å². The molecule has 2 amide bonds. The molecule has 3 aromatic heterocycles. The van der Waals surface area contributed by atoms with Crippen LogP contribution >= 0.6 is 0 Å². The standard InChI is InChI=1S/C21H19F4N5O2/c22-13-7-11-29(12-8-13)20(32)18-27-16(15-6-2-4-10-30(15)18)19(31)28-17(21(23,24)25)14-5-1-3-9-26-14/h1-6,9-10,13,17H,7-8,11-12H2,(H,28,31). The molecule has 32 heavy (non-hydrogen) atoms. The second kappa shape index (κ2) is 8.56. The van der Waals surface area contributed by atoms with Crippen molar-refractivity contribution < 1.29 is 27.2 Å². The molecule has 1 aliphatic heterocycles.